The lowest BCUT2D eigenvalue weighted by Crippen LogP contribution is -2.15. The van der Waals surface area contributed by atoms with Gasteiger partial charge in [-0.25, -0.2) is 13.4 Å². The van der Waals surface area contributed by atoms with Gasteiger partial charge in [-0.1, -0.05) is 25.5 Å². The van der Waals surface area contributed by atoms with Gasteiger partial charge in [0.1, 0.15) is 5.82 Å². The fraction of sp³-hybridized carbons (Fsp3) is 0.267. The number of hydrogen-bond acceptors (Lipinski definition) is 4. The molecule has 0 aliphatic heterocycles. The zero-order valence-corrected chi connectivity index (χ0v) is 12.9. The Hall–Kier alpha value is -2.08. The molecule has 0 fully saturated rings. The summed E-state index contributed by atoms with van der Waals surface area (Å²) in [6.07, 6.45) is 3.39. The van der Waals surface area contributed by atoms with Gasteiger partial charge in [-0.05, 0) is 42.7 Å². The molecule has 3 N–H and O–H groups in total. The smallest absolute Gasteiger partial charge is 0.263 e. The fourth-order valence-corrected chi connectivity index (χ4v) is 3.09. The lowest BCUT2D eigenvalue weighted by Gasteiger charge is -2.10. The maximum Gasteiger partial charge on any atom is 0.263 e. The predicted molar refractivity (Wildman–Crippen MR) is 84.6 cm³/mol. The van der Waals surface area contributed by atoms with Crippen LogP contribution in [0.4, 0.5) is 11.5 Å². The second kappa shape index (κ2) is 6.13. The largest absolute Gasteiger partial charge is 0.397 e. The highest BCUT2D eigenvalue weighted by Gasteiger charge is 2.15. The first-order valence-corrected chi connectivity index (χ1v) is 8.24. The van der Waals surface area contributed by atoms with Gasteiger partial charge in [0.25, 0.3) is 10.0 Å². The summed E-state index contributed by atoms with van der Waals surface area (Å²) in [5, 5.41) is 0. The molecule has 2 aromatic rings. The number of sulfonamides is 1. The summed E-state index contributed by atoms with van der Waals surface area (Å²) >= 11 is 0. The summed E-state index contributed by atoms with van der Waals surface area (Å²) in [5.41, 5.74) is 7.91. The first kappa shape index (κ1) is 15.3. The van der Waals surface area contributed by atoms with E-state index >= 15 is 0 Å². The molecule has 21 heavy (non-hydrogen) atoms. The van der Waals surface area contributed by atoms with E-state index in [4.69, 9.17) is 5.73 Å². The van der Waals surface area contributed by atoms with E-state index in [1.165, 1.54) is 6.20 Å². The quantitative estimate of drug-likeness (QED) is 0.889. The zero-order chi connectivity index (χ0) is 15.5. The summed E-state index contributed by atoms with van der Waals surface area (Å²) in [6.45, 7) is 3.84. The summed E-state index contributed by atoms with van der Waals surface area (Å²) < 4.78 is 27.1. The van der Waals surface area contributed by atoms with Crippen molar-refractivity contribution in [3.63, 3.8) is 0 Å². The molecule has 0 saturated heterocycles. The third kappa shape index (κ3) is 3.72. The molecule has 0 aliphatic rings. The standard InChI is InChI=1S/C15H19N3O2S/c1-3-4-12-5-7-14(8-6-12)21(19,20)18-15-11(2)9-13(16)10-17-15/h5-10H,3-4,16H2,1-2H3,(H,17,18). The summed E-state index contributed by atoms with van der Waals surface area (Å²) in [5.74, 6) is 0.293. The van der Waals surface area contributed by atoms with Crippen molar-refractivity contribution in [2.45, 2.75) is 31.6 Å². The van der Waals surface area contributed by atoms with Gasteiger partial charge < -0.3 is 5.73 Å². The van der Waals surface area contributed by atoms with E-state index in [9.17, 15) is 8.42 Å². The molecule has 0 saturated carbocycles. The normalized spacial score (nSPS) is 11.3. The van der Waals surface area contributed by atoms with Gasteiger partial charge in [0.2, 0.25) is 0 Å². The Kier molecular flexibility index (Phi) is 4.47. The Labute approximate surface area is 125 Å². The Balaban J connectivity index is 2.25. The number of hydrogen-bond donors (Lipinski definition) is 2. The Morgan fingerprint density at radius 1 is 1.24 bits per heavy atom. The molecule has 2 rings (SSSR count). The van der Waals surface area contributed by atoms with Crippen LogP contribution in [-0.4, -0.2) is 13.4 Å². The van der Waals surface area contributed by atoms with Gasteiger partial charge >= 0.3 is 0 Å². The first-order valence-electron chi connectivity index (χ1n) is 6.76. The molecule has 0 unspecified atom stereocenters. The summed E-state index contributed by atoms with van der Waals surface area (Å²) in [7, 11) is -3.63. The van der Waals surface area contributed by atoms with Gasteiger partial charge in [0.05, 0.1) is 16.8 Å². The predicted octanol–water partition coefficient (Wildman–Crippen LogP) is 2.73. The molecule has 1 aromatic heterocycles. The van der Waals surface area contributed by atoms with Crippen LogP contribution in [0.1, 0.15) is 24.5 Å². The number of nitrogen functional groups attached to an aromatic ring is 1. The summed E-state index contributed by atoms with van der Waals surface area (Å²) in [4.78, 5) is 4.24. The van der Waals surface area contributed by atoms with Crippen molar-refractivity contribution in [3.05, 3.63) is 47.7 Å². The third-order valence-corrected chi connectivity index (χ3v) is 4.46. The Bertz CT molecular complexity index is 725. The molecule has 0 amide bonds. The minimum absolute atomic E-state index is 0.223. The first-order chi connectivity index (χ1) is 9.92. The number of nitrogens with zero attached hydrogens (tertiary/aromatic N) is 1. The van der Waals surface area contributed by atoms with Crippen LogP contribution in [0.25, 0.3) is 0 Å². The molecule has 1 aromatic carbocycles. The van der Waals surface area contributed by atoms with Crippen molar-refractivity contribution < 1.29 is 8.42 Å². The number of nitrogens with two attached hydrogens (primary N) is 1. The van der Waals surface area contributed by atoms with Crippen LogP contribution in [0.5, 0.6) is 0 Å². The van der Waals surface area contributed by atoms with Crippen LogP contribution in [0, 0.1) is 6.92 Å². The summed E-state index contributed by atoms with van der Waals surface area (Å²) in [6, 6.07) is 8.57. The molecule has 1 heterocycles. The molecular weight excluding hydrogens is 286 g/mol. The highest BCUT2D eigenvalue weighted by atomic mass is 32.2. The minimum atomic E-state index is -3.63. The van der Waals surface area contributed by atoms with Gasteiger partial charge in [-0.3, -0.25) is 4.72 Å². The Morgan fingerprint density at radius 2 is 1.90 bits per heavy atom. The molecule has 0 aliphatic carbocycles. The van der Waals surface area contributed by atoms with E-state index in [1.54, 1.807) is 25.1 Å². The van der Waals surface area contributed by atoms with Crippen LogP contribution in [0.3, 0.4) is 0 Å². The van der Waals surface area contributed by atoms with Crippen molar-refractivity contribution in [2.75, 3.05) is 10.5 Å². The number of nitrogens with one attached hydrogen (secondary N) is 1. The second-order valence-electron chi connectivity index (χ2n) is 4.93. The average Bonchev–Trinajstić information content (AvgIpc) is 2.43. The molecule has 112 valence electrons. The van der Waals surface area contributed by atoms with Crippen LogP contribution in [0.2, 0.25) is 0 Å². The number of rotatable bonds is 5. The van der Waals surface area contributed by atoms with Gasteiger partial charge in [-0.15, -0.1) is 0 Å². The molecule has 5 nitrogen and oxygen atoms in total. The van der Waals surface area contributed by atoms with E-state index in [2.05, 4.69) is 16.6 Å². The number of benzene rings is 1. The van der Waals surface area contributed by atoms with E-state index < -0.39 is 10.0 Å². The van der Waals surface area contributed by atoms with Crippen LogP contribution >= 0.6 is 0 Å². The minimum Gasteiger partial charge on any atom is -0.397 e. The SMILES string of the molecule is CCCc1ccc(S(=O)(=O)Nc2ncc(N)cc2C)cc1. The number of anilines is 2. The van der Waals surface area contributed by atoms with Gasteiger partial charge in [0, 0.05) is 0 Å². The molecule has 0 radical (unpaired) electrons. The van der Waals surface area contributed by atoms with Crippen LogP contribution in [-0.2, 0) is 16.4 Å². The second-order valence-corrected chi connectivity index (χ2v) is 6.62. The van der Waals surface area contributed by atoms with Crippen molar-refractivity contribution in [2.24, 2.45) is 0 Å². The maximum atomic E-state index is 12.3. The maximum absolute atomic E-state index is 12.3. The van der Waals surface area contributed by atoms with Crippen molar-refractivity contribution >= 4 is 21.5 Å². The third-order valence-electron chi connectivity index (χ3n) is 3.10. The number of pyridine rings is 1. The molecule has 0 spiro atoms. The Morgan fingerprint density at radius 3 is 2.48 bits per heavy atom. The number of aromatic nitrogens is 1. The fourth-order valence-electron chi connectivity index (χ4n) is 2.01. The van der Waals surface area contributed by atoms with E-state index in [0.29, 0.717) is 17.1 Å². The molecule has 6 heteroatoms. The van der Waals surface area contributed by atoms with Crippen LogP contribution in [0.15, 0.2) is 41.4 Å². The lowest BCUT2D eigenvalue weighted by molar-refractivity contribution is 0.601. The van der Waals surface area contributed by atoms with Crippen LogP contribution < -0.4 is 10.5 Å². The number of aryl methyl sites for hydroxylation is 2. The highest BCUT2D eigenvalue weighted by Crippen LogP contribution is 2.19. The van der Waals surface area contributed by atoms with Crippen molar-refractivity contribution in [1.82, 2.24) is 4.98 Å². The topological polar surface area (TPSA) is 85.1 Å². The lowest BCUT2D eigenvalue weighted by atomic mass is 10.1. The zero-order valence-electron chi connectivity index (χ0n) is 12.1. The molecule has 0 bridgehead atoms. The van der Waals surface area contributed by atoms with Crippen molar-refractivity contribution in [3.8, 4) is 0 Å². The highest BCUT2D eigenvalue weighted by molar-refractivity contribution is 7.92. The molecular formula is C15H19N3O2S. The van der Waals surface area contributed by atoms with Gasteiger partial charge in [0.15, 0.2) is 0 Å². The van der Waals surface area contributed by atoms with E-state index in [1.807, 2.05) is 12.1 Å². The monoisotopic (exact) mass is 305 g/mol. The van der Waals surface area contributed by atoms with E-state index in [0.717, 1.165) is 18.4 Å². The average molecular weight is 305 g/mol. The molecule has 0 atom stereocenters. The van der Waals surface area contributed by atoms with Gasteiger partial charge in [-0.2, -0.15) is 0 Å². The van der Waals surface area contributed by atoms with E-state index in [-0.39, 0.29) is 4.90 Å². The van der Waals surface area contributed by atoms with Crippen molar-refractivity contribution in [1.29, 1.82) is 0 Å².